The molecule has 4 N–H and O–H groups in total. The highest BCUT2D eigenvalue weighted by Crippen LogP contribution is 2.11. The number of rotatable bonds is 2. The minimum Gasteiger partial charge on any atom is -0.394 e. The molecule has 0 aliphatic heterocycles. The lowest BCUT2D eigenvalue weighted by Crippen LogP contribution is -2.15. The van der Waals surface area contributed by atoms with Crippen LogP contribution in [0.15, 0.2) is 18.3 Å². The van der Waals surface area contributed by atoms with Crippen molar-refractivity contribution in [3.8, 4) is 0 Å². The quantitative estimate of drug-likeness (QED) is 0.601. The van der Waals surface area contributed by atoms with Crippen LogP contribution in [0.2, 0.25) is 0 Å². The molecule has 0 aliphatic rings. The summed E-state index contributed by atoms with van der Waals surface area (Å²) in [7, 11) is 0. The molecular weight excluding hydrogens is 168 g/mol. The number of aliphatic hydroxyl groups is 1. The van der Waals surface area contributed by atoms with Crippen molar-refractivity contribution in [3.63, 3.8) is 0 Å². The van der Waals surface area contributed by atoms with Gasteiger partial charge in [-0.3, -0.25) is 0 Å². The number of aromatic nitrogens is 3. The third kappa shape index (κ3) is 1.39. The smallest absolute Gasteiger partial charge is 0.177 e. The summed E-state index contributed by atoms with van der Waals surface area (Å²) in [5, 5.41) is 8.81. The molecule has 1 unspecified atom stereocenters. The summed E-state index contributed by atoms with van der Waals surface area (Å²) in [6, 6.07) is 3.21. The number of aliphatic hydroxyl groups excluding tert-OH is 1. The highest BCUT2D eigenvalue weighted by Gasteiger charge is 2.09. The zero-order valence-electron chi connectivity index (χ0n) is 6.94. The van der Waals surface area contributed by atoms with Gasteiger partial charge in [0.2, 0.25) is 0 Å². The number of H-pyrrole nitrogens is 1. The van der Waals surface area contributed by atoms with Gasteiger partial charge in [0.05, 0.1) is 18.2 Å². The molecule has 0 bridgehead atoms. The van der Waals surface area contributed by atoms with Crippen molar-refractivity contribution in [1.82, 2.24) is 15.0 Å². The number of fused-ring (bicyclic) bond motifs is 1. The van der Waals surface area contributed by atoms with Gasteiger partial charge in [0.25, 0.3) is 0 Å². The molecule has 13 heavy (non-hydrogen) atoms. The number of hydrogen-bond donors (Lipinski definition) is 3. The Kier molecular flexibility index (Phi) is 1.96. The Morgan fingerprint density at radius 3 is 3.15 bits per heavy atom. The highest BCUT2D eigenvalue weighted by molar-refractivity contribution is 5.69. The van der Waals surface area contributed by atoms with Crippen molar-refractivity contribution < 1.29 is 5.11 Å². The molecule has 2 heterocycles. The largest absolute Gasteiger partial charge is 0.394 e. The first-order chi connectivity index (χ1) is 6.31. The van der Waals surface area contributed by atoms with Gasteiger partial charge in [0.15, 0.2) is 5.65 Å². The van der Waals surface area contributed by atoms with Gasteiger partial charge in [0, 0.05) is 6.20 Å². The molecule has 68 valence electrons. The van der Waals surface area contributed by atoms with Gasteiger partial charge in [-0.15, -0.1) is 0 Å². The first-order valence-electron chi connectivity index (χ1n) is 3.98. The predicted octanol–water partition coefficient (Wildman–Crippen LogP) is -0.0500. The molecule has 0 spiro atoms. The minimum atomic E-state index is -0.464. The number of aromatic amines is 1. The van der Waals surface area contributed by atoms with Crippen LogP contribution in [0.3, 0.4) is 0 Å². The van der Waals surface area contributed by atoms with Gasteiger partial charge in [-0.2, -0.15) is 0 Å². The van der Waals surface area contributed by atoms with E-state index >= 15 is 0 Å². The van der Waals surface area contributed by atoms with Crippen molar-refractivity contribution in [1.29, 1.82) is 0 Å². The fourth-order valence-electron chi connectivity index (χ4n) is 1.13. The van der Waals surface area contributed by atoms with E-state index in [2.05, 4.69) is 15.0 Å². The second-order valence-corrected chi connectivity index (χ2v) is 2.79. The van der Waals surface area contributed by atoms with E-state index in [1.54, 1.807) is 6.20 Å². The topological polar surface area (TPSA) is 87.8 Å². The average molecular weight is 178 g/mol. The molecule has 0 saturated heterocycles. The van der Waals surface area contributed by atoms with Gasteiger partial charge >= 0.3 is 0 Å². The fourth-order valence-corrected chi connectivity index (χ4v) is 1.13. The van der Waals surface area contributed by atoms with Crippen LogP contribution >= 0.6 is 0 Å². The first kappa shape index (κ1) is 8.15. The Balaban J connectivity index is 2.49. The molecule has 0 fully saturated rings. The standard InChI is InChI=1S/C8H10N4O/c9-5(4-13)7-11-6-2-1-3-10-8(6)12-7/h1-3,5,13H,4,9H2,(H,10,11,12). The number of nitrogens with two attached hydrogens (primary N) is 1. The Hall–Kier alpha value is -1.46. The van der Waals surface area contributed by atoms with E-state index in [-0.39, 0.29) is 6.61 Å². The summed E-state index contributed by atoms with van der Waals surface area (Å²) >= 11 is 0. The maximum absolute atomic E-state index is 8.81. The summed E-state index contributed by atoms with van der Waals surface area (Å²) in [5.74, 6) is 0.566. The highest BCUT2D eigenvalue weighted by atomic mass is 16.3. The van der Waals surface area contributed by atoms with E-state index < -0.39 is 6.04 Å². The third-order valence-corrected chi connectivity index (χ3v) is 1.82. The number of nitrogens with zero attached hydrogens (tertiary/aromatic N) is 2. The Bertz CT molecular complexity index is 378. The van der Waals surface area contributed by atoms with Crippen molar-refractivity contribution in [2.45, 2.75) is 6.04 Å². The summed E-state index contributed by atoms with van der Waals surface area (Å²) in [5.41, 5.74) is 7.05. The van der Waals surface area contributed by atoms with E-state index in [0.717, 1.165) is 5.52 Å². The summed E-state index contributed by atoms with van der Waals surface area (Å²) in [6.07, 6.45) is 1.66. The Labute approximate surface area is 74.6 Å². The van der Waals surface area contributed by atoms with Crippen LogP contribution < -0.4 is 5.73 Å². The normalized spacial score (nSPS) is 13.4. The van der Waals surface area contributed by atoms with E-state index in [4.69, 9.17) is 10.8 Å². The Morgan fingerprint density at radius 2 is 2.46 bits per heavy atom. The lowest BCUT2D eigenvalue weighted by molar-refractivity contribution is 0.264. The zero-order chi connectivity index (χ0) is 9.26. The van der Waals surface area contributed by atoms with Crippen LogP contribution in [-0.4, -0.2) is 26.7 Å². The summed E-state index contributed by atoms with van der Waals surface area (Å²) < 4.78 is 0. The maximum Gasteiger partial charge on any atom is 0.177 e. The molecule has 0 aliphatic carbocycles. The summed E-state index contributed by atoms with van der Waals surface area (Å²) in [4.78, 5) is 11.2. The second kappa shape index (κ2) is 3.12. The molecule has 5 heteroatoms. The van der Waals surface area contributed by atoms with E-state index in [0.29, 0.717) is 11.5 Å². The van der Waals surface area contributed by atoms with Crippen LogP contribution in [0.5, 0.6) is 0 Å². The molecule has 2 aromatic heterocycles. The van der Waals surface area contributed by atoms with Crippen molar-refractivity contribution in [3.05, 3.63) is 24.2 Å². The van der Waals surface area contributed by atoms with E-state index in [9.17, 15) is 0 Å². The number of pyridine rings is 1. The minimum absolute atomic E-state index is 0.125. The van der Waals surface area contributed by atoms with Gasteiger partial charge in [-0.05, 0) is 12.1 Å². The third-order valence-electron chi connectivity index (χ3n) is 1.82. The van der Waals surface area contributed by atoms with Crippen LogP contribution in [0, 0.1) is 0 Å². The van der Waals surface area contributed by atoms with Crippen LogP contribution in [-0.2, 0) is 0 Å². The SMILES string of the molecule is NC(CO)c1nc2ncccc2[nH]1. The Morgan fingerprint density at radius 1 is 1.62 bits per heavy atom. The van der Waals surface area contributed by atoms with E-state index in [1.165, 1.54) is 0 Å². The van der Waals surface area contributed by atoms with Gasteiger partial charge in [0.1, 0.15) is 5.82 Å². The number of nitrogens with one attached hydrogen (secondary N) is 1. The van der Waals surface area contributed by atoms with Crippen molar-refractivity contribution in [2.24, 2.45) is 5.73 Å². The molecular formula is C8H10N4O. The van der Waals surface area contributed by atoms with Gasteiger partial charge in [-0.1, -0.05) is 0 Å². The van der Waals surface area contributed by atoms with Crippen molar-refractivity contribution in [2.75, 3.05) is 6.61 Å². The lowest BCUT2D eigenvalue weighted by Gasteiger charge is -2.01. The predicted molar refractivity (Wildman–Crippen MR) is 47.9 cm³/mol. The molecule has 0 saturated carbocycles. The lowest BCUT2D eigenvalue weighted by atomic mass is 10.3. The van der Waals surface area contributed by atoms with Crippen LogP contribution in [0.25, 0.3) is 11.2 Å². The van der Waals surface area contributed by atoms with Gasteiger partial charge in [-0.25, -0.2) is 9.97 Å². The van der Waals surface area contributed by atoms with Gasteiger partial charge < -0.3 is 15.8 Å². The van der Waals surface area contributed by atoms with E-state index in [1.807, 2.05) is 12.1 Å². The van der Waals surface area contributed by atoms with Crippen LogP contribution in [0.1, 0.15) is 11.9 Å². The summed E-state index contributed by atoms with van der Waals surface area (Å²) in [6.45, 7) is -0.125. The average Bonchev–Trinajstić information content (AvgIpc) is 2.59. The zero-order valence-corrected chi connectivity index (χ0v) is 6.94. The maximum atomic E-state index is 8.81. The van der Waals surface area contributed by atoms with Crippen LogP contribution in [0.4, 0.5) is 0 Å². The molecule has 2 aromatic rings. The molecule has 0 aromatic carbocycles. The fraction of sp³-hybridized carbons (Fsp3) is 0.250. The first-order valence-corrected chi connectivity index (χ1v) is 3.98. The molecule has 2 rings (SSSR count). The molecule has 1 atom stereocenters. The second-order valence-electron chi connectivity index (χ2n) is 2.79. The van der Waals surface area contributed by atoms with Crippen molar-refractivity contribution >= 4 is 11.2 Å². The monoisotopic (exact) mass is 178 g/mol. The number of hydrogen-bond acceptors (Lipinski definition) is 4. The molecule has 0 amide bonds. The molecule has 5 nitrogen and oxygen atoms in total. The number of imidazole rings is 1. The molecule has 0 radical (unpaired) electrons.